The van der Waals surface area contributed by atoms with E-state index >= 15 is 0 Å². The second kappa shape index (κ2) is 4.18. The van der Waals surface area contributed by atoms with Gasteiger partial charge >= 0.3 is 5.97 Å². The van der Waals surface area contributed by atoms with Gasteiger partial charge in [-0.05, 0) is 12.1 Å². The van der Waals surface area contributed by atoms with Gasteiger partial charge in [0, 0.05) is 6.07 Å². The Balaban J connectivity index is 2.85. The summed E-state index contributed by atoms with van der Waals surface area (Å²) in [5.74, 6) is -0.328. The fourth-order valence-corrected chi connectivity index (χ4v) is 1.36. The summed E-state index contributed by atoms with van der Waals surface area (Å²) in [7, 11) is 0. The molecular weight excluding hydrogens is 188 g/mol. The molecule has 0 atom stereocenters. The van der Waals surface area contributed by atoms with E-state index in [1.165, 1.54) is 6.07 Å². The lowest BCUT2D eigenvalue weighted by Gasteiger charge is -1.99. The van der Waals surface area contributed by atoms with Crippen LogP contribution in [-0.2, 0) is 11.2 Å². The van der Waals surface area contributed by atoms with E-state index in [0.29, 0.717) is 5.75 Å². The number of carboxylic acid groups (broad SMARTS) is 1. The van der Waals surface area contributed by atoms with Crippen LogP contribution in [0, 0.1) is 0 Å². The molecule has 0 bridgehead atoms. The number of carboxylic acids is 1. The molecule has 1 aromatic carbocycles. The maximum Gasteiger partial charge on any atom is 0.335 e. The number of rotatable bonds is 3. The zero-order valence-electron chi connectivity index (χ0n) is 7.48. The third-order valence-corrected chi connectivity index (χ3v) is 1.87. The zero-order valence-corrected chi connectivity index (χ0v) is 8.30. The Morgan fingerprint density at radius 2 is 2.15 bits per heavy atom. The molecule has 13 heavy (non-hydrogen) atoms. The summed E-state index contributed by atoms with van der Waals surface area (Å²) in [6.07, 6.45) is 3.85. The van der Waals surface area contributed by atoms with Crippen LogP contribution < -0.4 is 4.18 Å². The molecule has 0 unspecified atom stereocenters. The van der Waals surface area contributed by atoms with Crippen molar-refractivity contribution in [3.05, 3.63) is 29.8 Å². The molecule has 0 amide bonds. The van der Waals surface area contributed by atoms with Gasteiger partial charge in [0.1, 0.15) is 12.5 Å². The fourth-order valence-electron chi connectivity index (χ4n) is 0.873. The molecule has 0 spiro atoms. The normalized spacial score (nSPS) is 10.1. The lowest BCUT2D eigenvalue weighted by atomic mass is 10.2. The standard InChI is InChI=1S/C9H10O3S/c1-13(2)12-8-5-3-4-7(6-8)9(10)11/h3-6H,1-2H3/p+1. The average molecular weight is 199 g/mol. The molecule has 70 valence electrons. The van der Waals surface area contributed by atoms with E-state index in [1.54, 1.807) is 18.2 Å². The Morgan fingerprint density at radius 3 is 2.69 bits per heavy atom. The summed E-state index contributed by atoms with van der Waals surface area (Å²) in [4.78, 5) is 10.6. The van der Waals surface area contributed by atoms with Crippen molar-refractivity contribution in [2.45, 2.75) is 0 Å². The number of carbonyl (C=O) groups is 1. The van der Waals surface area contributed by atoms with Crippen LogP contribution in [0.5, 0.6) is 5.75 Å². The van der Waals surface area contributed by atoms with Gasteiger partial charge in [0.25, 0.3) is 0 Å². The van der Waals surface area contributed by atoms with Gasteiger partial charge in [-0.1, -0.05) is 6.07 Å². The lowest BCUT2D eigenvalue weighted by molar-refractivity contribution is 0.0696. The number of hydrogen-bond donors (Lipinski definition) is 1. The van der Waals surface area contributed by atoms with Gasteiger partial charge in [-0.15, -0.1) is 0 Å². The smallest absolute Gasteiger partial charge is 0.335 e. The molecule has 0 aliphatic heterocycles. The molecule has 1 aromatic rings. The molecule has 0 radical (unpaired) electrons. The minimum Gasteiger partial charge on any atom is -0.478 e. The first-order valence-corrected chi connectivity index (χ1v) is 5.65. The Morgan fingerprint density at radius 1 is 1.46 bits per heavy atom. The number of benzene rings is 1. The van der Waals surface area contributed by atoms with Gasteiger partial charge in [0.05, 0.1) is 5.56 Å². The maximum absolute atomic E-state index is 10.6. The van der Waals surface area contributed by atoms with E-state index in [1.807, 2.05) is 12.5 Å². The van der Waals surface area contributed by atoms with Crippen LogP contribution in [0.4, 0.5) is 0 Å². The molecule has 0 saturated carbocycles. The topological polar surface area (TPSA) is 46.5 Å². The minimum atomic E-state index is -0.933. The van der Waals surface area contributed by atoms with Crippen molar-refractivity contribution < 1.29 is 14.1 Å². The SMILES string of the molecule is C[S+](C)Oc1cccc(C(=O)O)c1. The van der Waals surface area contributed by atoms with Gasteiger partial charge in [-0.25, -0.2) is 4.79 Å². The quantitative estimate of drug-likeness (QED) is 0.751. The third kappa shape index (κ3) is 2.99. The highest BCUT2D eigenvalue weighted by Gasteiger charge is 2.09. The summed E-state index contributed by atoms with van der Waals surface area (Å²) < 4.78 is 5.37. The molecule has 0 aliphatic carbocycles. The van der Waals surface area contributed by atoms with Crippen LogP contribution >= 0.6 is 0 Å². The summed E-state index contributed by atoms with van der Waals surface area (Å²) in [5, 5.41) is 8.69. The van der Waals surface area contributed by atoms with Crippen molar-refractivity contribution in [2.24, 2.45) is 0 Å². The van der Waals surface area contributed by atoms with Crippen LogP contribution in [0.25, 0.3) is 0 Å². The van der Waals surface area contributed by atoms with E-state index in [9.17, 15) is 4.79 Å². The highest BCUT2D eigenvalue weighted by Crippen LogP contribution is 2.14. The summed E-state index contributed by atoms with van der Waals surface area (Å²) in [6.45, 7) is 0. The summed E-state index contributed by atoms with van der Waals surface area (Å²) in [5.41, 5.74) is 0.253. The van der Waals surface area contributed by atoms with E-state index in [0.717, 1.165) is 0 Å². The summed E-state index contributed by atoms with van der Waals surface area (Å²) in [6, 6.07) is 6.49. The third-order valence-electron chi connectivity index (χ3n) is 1.34. The van der Waals surface area contributed by atoms with E-state index < -0.39 is 5.97 Å². The number of aromatic carboxylic acids is 1. The second-order valence-electron chi connectivity index (χ2n) is 2.66. The first-order valence-electron chi connectivity index (χ1n) is 3.69. The zero-order chi connectivity index (χ0) is 9.84. The maximum atomic E-state index is 10.6. The van der Waals surface area contributed by atoms with E-state index in [-0.39, 0.29) is 16.7 Å². The van der Waals surface area contributed by atoms with Crippen molar-refractivity contribution in [1.29, 1.82) is 0 Å². The highest BCUT2D eigenvalue weighted by atomic mass is 32.2. The van der Waals surface area contributed by atoms with Crippen LogP contribution in [0.15, 0.2) is 24.3 Å². The Kier molecular flexibility index (Phi) is 3.19. The molecule has 1 N–H and O–H groups in total. The second-order valence-corrected chi connectivity index (χ2v) is 4.31. The van der Waals surface area contributed by atoms with Crippen molar-refractivity contribution in [3.8, 4) is 5.75 Å². The van der Waals surface area contributed by atoms with Crippen LogP contribution in [0.3, 0.4) is 0 Å². The molecule has 0 aliphatic rings. The first kappa shape index (κ1) is 9.92. The van der Waals surface area contributed by atoms with Crippen LogP contribution in [0.2, 0.25) is 0 Å². The Labute approximate surface area is 79.9 Å². The van der Waals surface area contributed by atoms with Gasteiger partial charge in [-0.3, -0.25) is 4.18 Å². The van der Waals surface area contributed by atoms with Gasteiger partial charge in [0.2, 0.25) is 0 Å². The monoisotopic (exact) mass is 199 g/mol. The van der Waals surface area contributed by atoms with Crippen molar-refractivity contribution in [2.75, 3.05) is 12.5 Å². The molecule has 0 aromatic heterocycles. The largest absolute Gasteiger partial charge is 0.478 e. The number of hydrogen-bond acceptors (Lipinski definition) is 2. The first-order chi connectivity index (χ1) is 6.09. The molecule has 0 saturated heterocycles. The van der Waals surface area contributed by atoms with E-state index in [2.05, 4.69) is 0 Å². The van der Waals surface area contributed by atoms with Gasteiger partial charge < -0.3 is 5.11 Å². The fraction of sp³-hybridized carbons (Fsp3) is 0.222. The van der Waals surface area contributed by atoms with Crippen molar-refractivity contribution >= 4 is 17.1 Å². The molecule has 1 rings (SSSR count). The Bertz CT molecular complexity index is 309. The predicted octanol–water partition coefficient (Wildman–Crippen LogP) is 1.56. The Hall–Kier alpha value is -1.16. The molecule has 3 nitrogen and oxygen atoms in total. The molecule has 0 heterocycles. The van der Waals surface area contributed by atoms with Crippen LogP contribution in [0.1, 0.15) is 10.4 Å². The van der Waals surface area contributed by atoms with Crippen LogP contribution in [-0.4, -0.2) is 23.6 Å². The molecule has 0 fully saturated rings. The average Bonchev–Trinajstić information content (AvgIpc) is 2.03. The predicted molar refractivity (Wildman–Crippen MR) is 53.2 cm³/mol. The molecule has 4 heteroatoms. The van der Waals surface area contributed by atoms with E-state index in [4.69, 9.17) is 9.29 Å². The molecular formula is C9H11O3S+. The summed E-state index contributed by atoms with van der Waals surface area (Å²) >= 11 is -0.181. The lowest BCUT2D eigenvalue weighted by Crippen LogP contribution is -2.05. The minimum absolute atomic E-state index is 0.181. The van der Waals surface area contributed by atoms with Crippen molar-refractivity contribution in [3.63, 3.8) is 0 Å². The van der Waals surface area contributed by atoms with Gasteiger partial charge in [-0.2, -0.15) is 0 Å². The highest BCUT2D eigenvalue weighted by molar-refractivity contribution is 7.91. The van der Waals surface area contributed by atoms with Crippen molar-refractivity contribution in [1.82, 2.24) is 0 Å². The van der Waals surface area contributed by atoms with Gasteiger partial charge in [0.15, 0.2) is 16.9 Å².